The quantitative estimate of drug-likeness (QED) is 0.858. The first-order valence-corrected chi connectivity index (χ1v) is 8.31. The van der Waals surface area contributed by atoms with E-state index in [4.69, 9.17) is 11.6 Å². The molecule has 5 nitrogen and oxygen atoms in total. The molecule has 0 spiro atoms. The second kappa shape index (κ2) is 6.51. The van der Waals surface area contributed by atoms with Crippen LogP contribution in [0.2, 0.25) is 5.28 Å². The summed E-state index contributed by atoms with van der Waals surface area (Å²) in [5.41, 5.74) is 0.908. The Morgan fingerprint density at radius 1 is 1.10 bits per heavy atom. The van der Waals surface area contributed by atoms with E-state index >= 15 is 0 Å². The number of hydrogen-bond acceptors (Lipinski definition) is 4. The highest BCUT2D eigenvalue weighted by atomic mass is 35.5. The first-order chi connectivity index (χ1) is 9.90. The van der Waals surface area contributed by atoms with Gasteiger partial charge in [-0.15, -0.1) is 0 Å². The molecule has 0 aliphatic carbocycles. The Morgan fingerprint density at radius 3 is 2.19 bits per heavy atom. The van der Waals surface area contributed by atoms with Gasteiger partial charge in [0.25, 0.3) is 0 Å². The van der Waals surface area contributed by atoms with Gasteiger partial charge in [0, 0.05) is 6.04 Å². The van der Waals surface area contributed by atoms with Crippen LogP contribution in [0.4, 0.5) is 0 Å². The average Bonchev–Trinajstić information content (AvgIpc) is 2.46. The second-order valence-corrected chi connectivity index (χ2v) is 6.99. The summed E-state index contributed by atoms with van der Waals surface area (Å²) in [5.74, 6) is 0.0930. The number of benzene rings is 1. The van der Waals surface area contributed by atoms with Crippen LogP contribution in [0.15, 0.2) is 47.6 Å². The molecule has 2 rings (SSSR count). The van der Waals surface area contributed by atoms with Crippen molar-refractivity contribution in [1.29, 1.82) is 0 Å². The van der Waals surface area contributed by atoms with Crippen LogP contribution in [0.25, 0.3) is 0 Å². The first-order valence-electron chi connectivity index (χ1n) is 6.45. The van der Waals surface area contributed by atoms with Gasteiger partial charge in [-0.1, -0.05) is 44.2 Å². The van der Waals surface area contributed by atoms with Crippen molar-refractivity contribution in [1.82, 2.24) is 14.7 Å². The molecule has 21 heavy (non-hydrogen) atoms. The topological polar surface area (TPSA) is 72.0 Å². The summed E-state index contributed by atoms with van der Waals surface area (Å²) >= 11 is 5.58. The fourth-order valence-corrected chi connectivity index (χ4v) is 3.28. The Morgan fingerprint density at radius 2 is 1.67 bits per heavy atom. The minimum absolute atomic E-state index is 0.00604. The third-order valence-electron chi connectivity index (χ3n) is 3.01. The lowest BCUT2D eigenvalue weighted by molar-refractivity contribution is 0.463. The molecule has 2 aromatic rings. The molecule has 0 saturated carbocycles. The lowest BCUT2D eigenvalue weighted by Gasteiger charge is -2.22. The van der Waals surface area contributed by atoms with E-state index in [2.05, 4.69) is 14.7 Å². The van der Waals surface area contributed by atoms with E-state index in [-0.39, 0.29) is 22.1 Å². The highest BCUT2D eigenvalue weighted by molar-refractivity contribution is 7.89. The van der Waals surface area contributed by atoms with Crippen LogP contribution >= 0.6 is 11.6 Å². The Hall–Kier alpha value is -1.50. The minimum Gasteiger partial charge on any atom is -0.225 e. The van der Waals surface area contributed by atoms with Crippen molar-refractivity contribution in [2.45, 2.75) is 24.8 Å². The van der Waals surface area contributed by atoms with Gasteiger partial charge in [-0.05, 0) is 23.1 Å². The molecule has 1 atom stereocenters. The van der Waals surface area contributed by atoms with E-state index in [1.165, 1.54) is 12.4 Å². The van der Waals surface area contributed by atoms with Crippen molar-refractivity contribution in [3.05, 3.63) is 53.6 Å². The summed E-state index contributed by atoms with van der Waals surface area (Å²) in [7, 11) is -3.70. The monoisotopic (exact) mass is 325 g/mol. The predicted octanol–water partition coefficient (Wildman–Crippen LogP) is 2.81. The molecular weight excluding hydrogens is 310 g/mol. The largest absolute Gasteiger partial charge is 0.244 e. The number of rotatable bonds is 5. The molecule has 7 heteroatoms. The maximum absolute atomic E-state index is 12.4. The van der Waals surface area contributed by atoms with Gasteiger partial charge in [0.1, 0.15) is 4.90 Å². The molecule has 1 N–H and O–H groups in total. The lowest BCUT2D eigenvalue weighted by Crippen LogP contribution is -2.32. The highest BCUT2D eigenvalue weighted by Crippen LogP contribution is 2.23. The van der Waals surface area contributed by atoms with Crippen LogP contribution in [0, 0.1) is 5.92 Å². The predicted molar refractivity (Wildman–Crippen MR) is 81.4 cm³/mol. The van der Waals surface area contributed by atoms with E-state index in [1.54, 1.807) is 0 Å². The van der Waals surface area contributed by atoms with Crippen LogP contribution in [-0.4, -0.2) is 18.4 Å². The van der Waals surface area contributed by atoms with E-state index in [0.29, 0.717) is 0 Å². The van der Waals surface area contributed by atoms with Gasteiger partial charge >= 0.3 is 0 Å². The van der Waals surface area contributed by atoms with Gasteiger partial charge in [-0.25, -0.2) is 23.1 Å². The van der Waals surface area contributed by atoms with Gasteiger partial charge in [0.15, 0.2) is 0 Å². The van der Waals surface area contributed by atoms with Crippen molar-refractivity contribution in [2.24, 2.45) is 5.92 Å². The Labute approximate surface area is 129 Å². The van der Waals surface area contributed by atoms with E-state index < -0.39 is 10.0 Å². The molecule has 0 saturated heterocycles. The fourth-order valence-electron chi connectivity index (χ4n) is 1.92. The lowest BCUT2D eigenvalue weighted by atomic mass is 9.97. The van der Waals surface area contributed by atoms with E-state index in [0.717, 1.165) is 5.56 Å². The fraction of sp³-hybridized carbons (Fsp3) is 0.286. The molecule has 112 valence electrons. The molecule has 0 aliphatic heterocycles. The van der Waals surface area contributed by atoms with Crippen LogP contribution in [0.5, 0.6) is 0 Å². The molecule has 0 radical (unpaired) electrons. The number of nitrogens with zero attached hydrogens (tertiary/aromatic N) is 2. The molecule has 0 amide bonds. The molecule has 0 fully saturated rings. The van der Waals surface area contributed by atoms with Gasteiger partial charge < -0.3 is 0 Å². The number of hydrogen-bond donors (Lipinski definition) is 1. The molecule has 1 heterocycles. The summed E-state index contributed by atoms with van der Waals surface area (Å²) in [6.45, 7) is 3.91. The third kappa shape index (κ3) is 4.00. The zero-order valence-electron chi connectivity index (χ0n) is 11.7. The maximum atomic E-state index is 12.4. The third-order valence-corrected chi connectivity index (χ3v) is 4.61. The van der Waals surface area contributed by atoms with Gasteiger partial charge in [0.05, 0.1) is 12.4 Å². The molecular formula is C14H16ClN3O2S. The summed E-state index contributed by atoms with van der Waals surface area (Å²) in [5, 5.41) is 0.0115. The summed E-state index contributed by atoms with van der Waals surface area (Å²) in [4.78, 5) is 7.40. The summed E-state index contributed by atoms with van der Waals surface area (Å²) in [6.07, 6.45) is 2.39. The average molecular weight is 326 g/mol. The van der Waals surface area contributed by atoms with Gasteiger partial charge in [-0.2, -0.15) is 0 Å². The normalized spacial score (nSPS) is 13.3. The van der Waals surface area contributed by atoms with Crippen LogP contribution in [0.3, 0.4) is 0 Å². The first kappa shape index (κ1) is 15.9. The summed E-state index contributed by atoms with van der Waals surface area (Å²) < 4.78 is 27.5. The SMILES string of the molecule is CC(C)C(NS(=O)(=O)c1cnc(Cl)nc1)c1ccccc1. The standard InChI is InChI=1S/C14H16ClN3O2S/c1-10(2)13(11-6-4-3-5-7-11)18-21(19,20)12-8-16-14(15)17-9-12/h3-10,13,18H,1-2H3. The van der Waals surface area contributed by atoms with Crippen molar-refractivity contribution >= 4 is 21.6 Å². The second-order valence-electron chi connectivity index (χ2n) is 4.94. The molecule has 1 unspecified atom stereocenters. The maximum Gasteiger partial charge on any atom is 0.244 e. The van der Waals surface area contributed by atoms with Gasteiger partial charge in [0.2, 0.25) is 15.3 Å². The highest BCUT2D eigenvalue weighted by Gasteiger charge is 2.24. The molecule has 0 aliphatic rings. The van der Waals surface area contributed by atoms with Crippen LogP contribution < -0.4 is 4.72 Å². The Balaban J connectivity index is 2.30. The smallest absolute Gasteiger partial charge is 0.225 e. The Kier molecular flexibility index (Phi) is 4.92. The van der Waals surface area contributed by atoms with Crippen LogP contribution in [0.1, 0.15) is 25.5 Å². The zero-order chi connectivity index (χ0) is 15.5. The van der Waals surface area contributed by atoms with Crippen molar-refractivity contribution < 1.29 is 8.42 Å². The molecule has 1 aromatic carbocycles. The van der Waals surface area contributed by atoms with Crippen molar-refractivity contribution in [3.63, 3.8) is 0 Å². The number of halogens is 1. The van der Waals surface area contributed by atoms with Crippen molar-refractivity contribution in [3.8, 4) is 0 Å². The summed E-state index contributed by atoms with van der Waals surface area (Å²) in [6, 6.07) is 9.11. The van der Waals surface area contributed by atoms with Crippen molar-refractivity contribution in [2.75, 3.05) is 0 Å². The number of nitrogens with one attached hydrogen (secondary N) is 1. The Bertz CT molecular complexity index is 688. The molecule has 0 bridgehead atoms. The van der Waals surface area contributed by atoms with E-state index in [9.17, 15) is 8.42 Å². The zero-order valence-corrected chi connectivity index (χ0v) is 13.3. The van der Waals surface area contributed by atoms with Gasteiger partial charge in [-0.3, -0.25) is 0 Å². The van der Waals surface area contributed by atoms with E-state index in [1.807, 2.05) is 44.2 Å². The molecule has 1 aromatic heterocycles. The number of sulfonamides is 1. The van der Waals surface area contributed by atoms with Crippen LogP contribution in [-0.2, 0) is 10.0 Å². The number of aromatic nitrogens is 2. The minimum atomic E-state index is -3.70.